The fourth-order valence-corrected chi connectivity index (χ4v) is 4.07. The molecule has 1 aromatic heterocycles. The van der Waals surface area contributed by atoms with Gasteiger partial charge >= 0.3 is 0 Å². The number of nitriles is 1. The van der Waals surface area contributed by atoms with Gasteiger partial charge in [-0.2, -0.15) is 5.26 Å². The number of aromatic nitrogens is 1. The Morgan fingerprint density at radius 2 is 1.53 bits per heavy atom. The summed E-state index contributed by atoms with van der Waals surface area (Å²) >= 11 is 1.38. The van der Waals surface area contributed by atoms with Gasteiger partial charge < -0.3 is 0 Å². The molecule has 0 atom stereocenters. The van der Waals surface area contributed by atoms with E-state index in [0.717, 1.165) is 11.1 Å². The Hall–Kier alpha value is -3.49. The number of benzene rings is 3. The van der Waals surface area contributed by atoms with Gasteiger partial charge in [0.15, 0.2) is 0 Å². The summed E-state index contributed by atoms with van der Waals surface area (Å²) < 4.78 is 27.8. The lowest BCUT2D eigenvalue weighted by Gasteiger charge is -2.13. The minimum absolute atomic E-state index is 0.299. The highest BCUT2D eigenvalue weighted by atomic mass is 32.2. The second-order valence-corrected chi connectivity index (χ2v) is 7.57. The molecule has 2 nitrogen and oxygen atoms in total. The monoisotopic (exact) mass is 414 g/mol. The van der Waals surface area contributed by atoms with E-state index in [4.69, 9.17) is 4.98 Å². The van der Waals surface area contributed by atoms with Crippen LogP contribution in [-0.4, -0.2) is 4.98 Å². The molecular formula is C25H16F2N2S. The number of hydrogen-bond donors (Lipinski definition) is 0. The van der Waals surface area contributed by atoms with Gasteiger partial charge in [0.25, 0.3) is 0 Å². The summed E-state index contributed by atoms with van der Waals surface area (Å²) in [5.74, 6) is -0.183. The molecule has 0 saturated heterocycles. The van der Waals surface area contributed by atoms with Gasteiger partial charge in [-0.15, -0.1) is 11.8 Å². The topological polar surface area (TPSA) is 36.7 Å². The molecule has 0 amide bonds. The Morgan fingerprint density at radius 1 is 0.833 bits per heavy atom. The van der Waals surface area contributed by atoms with Crippen LogP contribution in [0.3, 0.4) is 0 Å². The van der Waals surface area contributed by atoms with Gasteiger partial charge in [0.1, 0.15) is 22.7 Å². The van der Waals surface area contributed by atoms with Crippen LogP contribution in [0.1, 0.15) is 11.1 Å². The van der Waals surface area contributed by atoms with Crippen LogP contribution in [-0.2, 0) is 5.75 Å². The Balaban J connectivity index is 1.83. The summed E-state index contributed by atoms with van der Waals surface area (Å²) in [4.78, 5) is 4.71. The van der Waals surface area contributed by atoms with E-state index < -0.39 is 5.82 Å². The standard InChI is InChI=1S/C25H16F2N2S/c26-19-12-10-17(11-13-19)16-30-25-22(15-28)21(20-8-4-5-9-23(20)27)14-24(29-25)18-6-2-1-3-7-18/h1-14H,16H2. The van der Waals surface area contributed by atoms with Crippen LogP contribution in [0.2, 0.25) is 0 Å². The normalized spacial score (nSPS) is 10.6. The number of nitrogens with zero attached hydrogens (tertiary/aromatic N) is 2. The van der Waals surface area contributed by atoms with E-state index in [2.05, 4.69) is 6.07 Å². The first-order valence-electron chi connectivity index (χ1n) is 9.28. The fraction of sp³-hybridized carbons (Fsp3) is 0.0400. The zero-order chi connectivity index (χ0) is 20.9. The average Bonchev–Trinajstić information content (AvgIpc) is 2.79. The summed E-state index contributed by atoms with van der Waals surface area (Å²) in [5.41, 5.74) is 3.64. The van der Waals surface area contributed by atoms with Crippen LogP contribution in [0.5, 0.6) is 0 Å². The van der Waals surface area contributed by atoms with Crippen molar-refractivity contribution >= 4 is 11.8 Å². The van der Waals surface area contributed by atoms with Gasteiger partial charge in [-0.25, -0.2) is 13.8 Å². The fourth-order valence-electron chi connectivity index (χ4n) is 3.12. The zero-order valence-electron chi connectivity index (χ0n) is 15.8. The molecule has 0 N–H and O–H groups in total. The van der Waals surface area contributed by atoms with Gasteiger partial charge in [0, 0.05) is 22.4 Å². The molecule has 0 unspecified atom stereocenters. The van der Waals surface area contributed by atoms with E-state index >= 15 is 0 Å². The summed E-state index contributed by atoms with van der Waals surface area (Å²) in [6.45, 7) is 0. The largest absolute Gasteiger partial charge is 0.240 e. The highest BCUT2D eigenvalue weighted by Gasteiger charge is 2.18. The van der Waals surface area contributed by atoms with E-state index in [1.165, 1.54) is 30.0 Å². The molecule has 1 heterocycles. The van der Waals surface area contributed by atoms with Crippen LogP contribution in [0.25, 0.3) is 22.4 Å². The molecule has 4 rings (SSSR count). The third-order valence-electron chi connectivity index (χ3n) is 4.62. The van der Waals surface area contributed by atoms with Crippen molar-refractivity contribution in [3.8, 4) is 28.5 Å². The minimum atomic E-state index is -0.395. The van der Waals surface area contributed by atoms with E-state index in [0.29, 0.717) is 33.2 Å². The van der Waals surface area contributed by atoms with Crippen LogP contribution < -0.4 is 0 Å². The number of halogens is 2. The summed E-state index contributed by atoms with van der Waals surface area (Å²) in [7, 11) is 0. The van der Waals surface area contributed by atoms with Crippen molar-refractivity contribution in [2.75, 3.05) is 0 Å². The molecular weight excluding hydrogens is 398 g/mol. The quantitative estimate of drug-likeness (QED) is 0.335. The second-order valence-electron chi connectivity index (χ2n) is 6.61. The third-order valence-corrected chi connectivity index (χ3v) is 5.67. The lowest BCUT2D eigenvalue weighted by Crippen LogP contribution is -1.97. The van der Waals surface area contributed by atoms with E-state index in [9.17, 15) is 14.0 Å². The van der Waals surface area contributed by atoms with Crippen molar-refractivity contribution < 1.29 is 8.78 Å². The van der Waals surface area contributed by atoms with Crippen molar-refractivity contribution in [2.45, 2.75) is 10.8 Å². The molecule has 0 spiro atoms. The number of thioether (sulfide) groups is 1. The van der Waals surface area contributed by atoms with Gasteiger partial charge in [-0.1, -0.05) is 60.7 Å². The Kier molecular flexibility index (Phi) is 5.87. The number of hydrogen-bond acceptors (Lipinski definition) is 3. The first-order chi connectivity index (χ1) is 14.7. The zero-order valence-corrected chi connectivity index (χ0v) is 16.7. The van der Waals surface area contributed by atoms with Crippen LogP contribution >= 0.6 is 11.8 Å². The van der Waals surface area contributed by atoms with E-state index in [1.54, 1.807) is 36.4 Å². The molecule has 0 fully saturated rings. The predicted octanol–water partition coefficient (Wildman–Crippen LogP) is 6.86. The average molecular weight is 414 g/mol. The molecule has 4 aromatic rings. The maximum atomic E-state index is 14.6. The maximum absolute atomic E-state index is 14.6. The van der Waals surface area contributed by atoms with E-state index in [-0.39, 0.29) is 5.82 Å². The van der Waals surface area contributed by atoms with Crippen LogP contribution in [0.4, 0.5) is 8.78 Å². The Labute approximate surface area is 177 Å². The molecule has 146 valence electrons. The summed E-state index contributed by atoms with van der Waals surface area (Å²) in [5, 5.41) is 10.4. The highest BCUT2D eigenvalue weighted by molar-refractivity contribution is 7.98. The van der Waals surface area contributed by atoms with Crippen LogP contribution in [0, 0.1) is 23.0 Å². The van der Waals surface area contributed by atoms with Crippen molar-refractivity contribution in [1.82, 2.24) is 4.98 Å². The van der Waals surface area contributed by atoms with Crippen LogP contribution in [0.15, 0.2) is 90.0 Å². The highest BCUT2D eigenvalue weighted by Crippen LogP contribution is 2.36. The van der Waals surface area contributed by atoms with E-state index in [1.807, 2.05) is 30.3 Å². The number of pyridine rings is 1. The lowest BCUT2D eigenvalue weighted by molar-refractivity contribution is 0.627. The first kappa shape index (κ1) is 19.8. The molecule has 5 heteroatoms. The maximum Gasteiger partial charge on any atom is 0.131 e. The number of rotatable bonds is 5. The van der Waals surface area contributed by atoms with Crippen molar-refractivity contribution in [1.29, 1.82) is 5.26 Å². The van der Waals surface area contributed by atoms with Crippen molar-refractivity contribution in [3.05, 3.63) is 108 Å². The van der Waals surface area contributed by atoms with Crippen molar-refractivity contribution in [2.24, 2.45) is 0 Å². The molecule has 3 aromatic carbocycles. The van der Waals surface area contributed by atoms with Gasteiger partial charge in [-0.05, 0) is 29.8 Å². The Morgan fingerprint density at radius 3 is 2.23 bits per heavy atom. The molecule has 0 radical (unpaired) electrons. The predicted molar refractivity (Wildman–Crippen MR) is 116 cm³/mol. The SMILES string of the molecule is N#Cc1c(-c2ccccc2F)cc(-c2ccccc2)nc1SCc1ccc(F)cc1. The first-order valence-corrected chi connectivity index (χ1v) is 10.3. The molecule has 0 aliphatic heterocycles. The molecule has 0 saturated carbocycles. The third kappa shape index (κ3) is 4.24. The molecule has 0 aliphatic rings. The minimum Gasteiger partial charge on any atom is -0.240 e. The van der Waals surface area contributed by atoms with Crippen molar-refractivity contribution in [3.63, 3.8) is 0 Å². The Bertz CT molecular complexity index is 1220. The lowest BCUT2D eigenvalue weighted by atomic mass is 9.99. The molecule has 0 aliphatic carbocycles. The molecule has 0 bridgehead atoms. The molecule has 30 heavy (non-hydrogen) atoms. The summed E-state index contributed by atoms with van der Waals surface area (Å²) in [6, 6.07) is 26.1. The van der Waals surface area contributed by atoms with Gasteiger partial charge in [-0.3, -0.25) is 0 Å². The second kappa shape index (κ2) is 8.89. The smallest absolute Gasteiger partial charge is 0.131 e. The summed E-state index contributed by atoms with van der Waals surface area (Å²) in [6.07, 6.45) is 0. The van der Waals surface area contributed by atoms with Gasteiger partial charge in [0.05, 0.1) is 11.3 Å². The van der Waals surface area contributed by atoms with Gasteiger partial charge in [0.2, 0.25) is 0 Å².